The van der Waals surface area contributed by atoms with Crippen LogP contribution in [0.5, 0.6) is 0 Å². The van der Waals surface area contributed by atoms with Crippen LogP contribution in [-0.4, -0.2) is 43.0 Å². The number of carboxylic acid groups (broad SMARTS) is 1. The van der Waals surface area contributed by atoms with Crippen molar-refractivity contribution in [3.05, 3.63) is 89.5 Å². The summed E-state index contributed by atoms with van der Waals surface area (Å²) in [5, 5.41) is 14.7. The zero-order valence-electron chi connectivity index (χ0n) is 22.6. The summed E-state index contributed by atoms with van der Waals surface area (Å²) >= 11 is 0. The first-order chi connectivity index (χ1) is 18.5. The van der Waals surface area contributed by atoms with E-state index in [1.165, 1.54) is 11.8 Å². The van der Waals surface area contributed by atoms with Gasteiger partial charge in [-0.05, 0) is 60.4 Å². The lowest BCUT2D eigenvalue weighted by molar-refractivity contribution is -0.137. The zero-order chi connectivity index (χ0) is 28.5. The van der Waals surface area contributed by atoms with Crippen LogP contribution >= 0.6 is 0 Å². The van der Waals surface area contributed by atoms with Gasteiger partial charge in [-0.3, -0.25) is 19.3 Å². The van der Waals surface area contributed by atoms with Gasteiger partial charge in [0.2, 0.25) is 11.8 Å². The molecule has 0 aliphatic heterocycles. The van der Waals surface area contributed by atoms with Crippen LogP contribution in [0.3, 0.4) is 0 Å². The molecule has 3 N–H and O–H groups in total. The van der Waals surface area contributed by atoms with Gasteiger partial charge in [0, 0.05) is 44.5 Å². The number of likely N-dealkylation sites (N-methyl/N-ethyl adjacent to an activating group) is 1. The van der Waals surface area contributed by atoms with Crippen LogP contribution in [-0.2, 0) is 20.8 Å². The standard InChI is InChI=1S/C30H34N4O5/c1-20-8-5-6-11-27(20)34(4)30(39)32-24-14-12-22(13-15-24)18-28(36)33(3)25-10-7-9-23(19-25)26(31-21(2)35)16-17-29(37)38/h5-15,19,26H,16-18H2,1-4H3,(H,31,35)(H,32,39)(H,37,38). The van der Waals surface area contributed by atoms with E-state index in [1.54, 1.807) is 67.5 Å². The lowest BCUT2D eigenvalue weighted by Crippen LogP contribution is -2.31. The SMILES string of the molecule is CC(=O)NC(CCC(=O)O)c1cccc(N(C)C(=O)Cc2ccc(NC(=O)N(C)c3ccccc3C)cc2)c1. The fraction of sp³-hybridized carbons (Fsp3) is 0.267. The first-order valence-electron chi connectivity index (χ1n) is 12.6. The molecule has 0 saturated carbocycles. The number of hydrogen-bond acceptors (Lipinski definition) is 4. The van der Waals surface area contributed by atoms with Crippen molar-refractivity contribution in [3.8, 4) is 0 Å². The molecule has 3 rings (SSSR count). The first kappa shape index (κ1) is 28.9. The maximum Gasteiger partial charge on any atom is 0.326 e. The van der Waals surface area contributed by atoms with Crippen molar-refractivity contribution in [2.24, 2.45) is 0 Å². The monoisotopic (exact) mass is 530 g/mol. The molecule has 9 heteroatoms. The van der Waals surface area contributed by atoms with Gasteiger partial charge in [-0.2, -0.15) is 0 Å². The fourth-order valence-electron chi connectivity index (χ4n) is 4.19. The van der Waals surface area contributed by atoms with Gasteiger partial charge in [0.05, 0.1) is 12.5 Å². The highest BCUT2D eigenvalue weighted by Gasteiger charge is 2.18. The van der Waals surface area contributed by atoms with Crippen molar-refractivity contribution < 1.29 is 24.3 Å². The minimum atomic E-state index is -0.947. The van der Waals surface area contributed by atoms with Crippen LogP contribution < -0.4 is 20.4 Å². The maximum atomic E-state index is 13.0. The number of para-hydroxylation sites is 1. The zero-order valence-corrected chi connectivity index (χ0v) is 22.6. The smallest absolute Gasteiger partial charge is 0.326 e. The number of anilines is 3. The normalized spacial score (nSPS) is 11.3. The van der Waals surface area contributed by atoms with Crippen LogP contribution in [0.25, 0.3) is 0 Å². The summed E-state index contributed by atoms with van der Waals surface area (Å²) in [5.41, 5.74) is 4.55. The number of benzene rings is 3. The van der Waals surface area contributed by atoms with Crippen LogP contribution in [0.15, 0.2) is 72.8 Å². The topological polar surface area (TPSA) is 119 Å². The van der Waals surface area contributed by atoms with E-state index in [2.05, 4.69) is 10.6 Å². The minimum Gasteiger partial charge on any atom is -0.481 e. The van der Waals surface area contributed by atoms with Crippen LogP contribution in [0, 0.1) is 6.92 Å². The number of carbonyl (C=O) groups is 4. The molecule has 3 aromatic carbocycles. The number of amides is 4. The van der Waals surface area contributed by atoms with Crippen molar-refractivity contribution in [1.82, 2.24) is 5.32 Å². The average molecular weight is 531 g/mol. The second-order valence-corrected chi connectivity index (χ2v) is 9.38. The van der Waals surface area contributed by atoms with Crippen molar-refractivity contribution in [2.45, 2.75) is 39.2 Å². The van der Waals surface area contributed by atoms with Gasteiger partial charge < -0.3 is 20.6 Å². The van der Waals surface area contributed by atoms with E-state index in [4.69, 9.17) is 5.11 Å². The quantitative estimate of drug-likeness (QED) is 0.344. The van der Waals surface area contributed by atoms with Crippen LogP contribution in [0.4, 0.5) is 21.9 Å². The lowest BCUT2D eigenvalue weighted by Gasteiger charge is -2.22. The fourth-order valence-corrected chi connectivity index (χ4v) is 4.19. The van der Waals surface area contributed by atoms with Crippen molar-refractivity contribution in [3.63, 3.8) is 0 Å². The number of nitrogens with one attached hydrogen (secondary N) is 2. The van der Waals surface area contributed by atoms with Gasteiger partial charge in [-0.25, -0.2) is 4.79 Å². The van der Waals surface area contributed by atoms with E-state index in [0.717, 1.165) is 22.4 Å². The van der Waals surface area contributed by atoms with E-state index < -0.39 is 12.0 Å². The molecule has 0 spiro atoms. The summed E-state index contributed by atoms with van der Waals surface area (Å²) in [6.45, 7) is 3.32. The second-order valence-electron chi connectivity index (χ2n) is 9.38. The molecule has 0 aromatic heterocycles. The Balaban J connectivity index is 1.64. The van der Waals surface area contributed by atoms with Gasteiger partial charge in [0.15, 0.2) is 0 Å². The second kappa shape index (κ2) is 13.2. The third-order valence-corrected chi connectivity index (χ3v) is 6.40. The van der Waals surface area contributed by atoms with Crippen molar-refractivity contribution >= 4 is 40.9 Å². The molecule has 1 atom stereocenters. The number of aryl methyl sites for hydroxylation is 1. The third-order valence-electron chi connectivity index (χ3n) is 6.40. The number of urea groups is 1. The number of aliphatic carboxylic acids is 1. The van der Waals surface area contributed by atoms with Gasteiger partial charge in [-0.1, -0.05) is 42.5 Å². The molecular weight excluding hydrogens is 496 g/mol. The highest BCUT2D eigenvalue weighted by Crippen LogP contribution is 2.24. The Labute approximate surface area is 228 Å². The number of carboxylic acids is 1. The van der Waals surface area contributed by atoms with Crippen molar-refractivity contribution in [2.75, 3.05) is 29.2 Å². The largest absolute Gasteiger partial charge is 0.481 e. The Hall–Kier alpha value is -4.66. The van der Waals surface area contributed by atoms with Gasteiger partial charge in [0.1, 0.15) is 0 Å². The number of carbonyl (C=O) groups excluding carboxylic acids is 3. The van der Waals surface area contributed by atoms with E-state index in [9.17, 15) is 19.2 Å². The molecule has 39 heavy (non-hydrogen) atoms. The average Bonchev–Trinajstić information content (AvgIpc) is 2.91. The van der Waals surface area contributed by atoms with Crippen LogP contribution in [0.2, 0.25) is 0 Å². The molecule has 1 unspecified atom stereocenters. The molecule has 0 bridgehead atoms. The third kappa shape index (κ3) is 8.16. The van der Waals surface area contributed by atoms with E-state index in [-0.39, 0.29) is 37.1 Å². The summed E-state index contributed by atoms with van der Waals surface area (Å²) in [4.78, 5) is 51.5. The van der Waals surface area contributed by atoms with E-state index >= 15 is 0 Å². The molecule has 0 radical (unpaired) electrons. The molecule has 4 amide bonds. The molecule has 0 saturated heterocycles. The number of nitrogens with zero attached hydrogens (tertiary/aromatic N) is 2. The Morgan fingerprint density at radius 2 is 1.59 bits per heavy atom. The highest BCUT2D eigenvalue weighted by atomic mass is 16.4. The molecule has 0 fully saturated rings. The predicted molar refractivity (Wildman–Crippen MR) is 152 cm³/mol. The summed E-state index contributed by atoms with van der Waals surface area (Å²) in [7, 11) is 3.38. The molecular formula is C30H34N4O5. The van der Waals surface area contributed by atoms with Gasteiger partial charge >= 0.3 is 12.0 Å². The highest BCUT2D eigenvalue weighted by molar-refractivity contribution is 6.01. The summed E-state index contributed by atoms with van der Waals surface area (Å²) in [5.74, 6) is -1.36. The summed E-state index contributed by atoms with van der Waals surface area (Å²) in [6, 6.07) is 21.1. The Kier molecular flexibility index (Phi) is 9.80. The molecule has 204 valence electrons. The first-order valence-corrected chi connectivity index (χ1v) is 12.6. The summed E-state index contributed by atoms with van der Waals surface area (Å²) < 4.78 is 0. The Morgan fingerprint density at radius 3 is 2.23 bits per heavy atom. The Bertz CT molecular complexity index is 1340. The molecule has 9 nitrogen and oxygen atoms in total. The maximum absolute atomic E-state index is 13.0. The van der Waals surface area contributed by atoms with Crippen molar-refractivity contribution in [1.29, 1.82) is 0 Å². The van der Waals surface area contributed by atoms with E-state index in [1.807, 2.05) is 31.2 Å². The molecule has 0 aliphatic carbocycles. The summed E-state index contributed by atoms with van der Waals surface area (Å²) in [6.07, 6.45) is 0.286. The Morgan fingerprint density at radius 1 is 0.897 bits per heavy atom. The van der Waals surface area contributed by atoms with Gasteiger partial charge in [0.25, 0.3) is 0 Å². The number of hydrogen-bond donors (Lipinski definition) is 3. The molecule has 3 aromatic rings. The molecule has 0 aliphatic rings. The molecule has 0 heterocycles. The van der Waals surface area contributed by atoms with E-state index in [0.29, 0.717) is 11.4 Å². The van der Waals surface area contributed by atoms with Gasteiger partial charge in [-0.15, -0.1) is 0 Å². The predicted octanol–water partition coefficient (Wildman–Crippen LogP) is 4.91. The lowest BCUT2D eigenvalue weighted by atomic mass is 10.0. The van der Waals surface area contributed by atoms with Crippen LogP contribution in [0.1, 0.15) is 42.5 Å². The number of rotatable bonds is 10. The minimum absolute atomic E-state index is 0.0947.